The van der Waals surface area contributed by atoms with E-state index in [1.54, 1.807) is 6.07 Å². The molecule has 0 amide bonds. The lowest BCUT2D eigenvalue weighted by Gasteiger charge is -2.05. The highest BCUT2D eigenvalue weighted by Crippen LogP contribution is 2.34. The van der Waals surface area contributed by atoms with Crippen molar-refractivity contribution < 1.29 is 4.39 Å². The Morgan fingerprint density at radius 3 is 2.52 bits per heavy atom. The average Bonchev–Trinajstić information content (AvgIpc) is 3.09. The fourth-order valence-corrected chi connectivity index (χ4v) is 3.76. The van der Waals surface area contributed by atoms with E-state index in [2.05, 4.69) is 20.9 Å². The number of pyridine rings is 1. The molecule has 3 nitrogen and oxygen atoms in total. The Hall–Kier alpha value is -3.05. The zero-order valence-corrected chi connectivity index (χ0v) is 15.7. The zero-order chi connectivity index (χ0) is 18.4. The lowest BCUT2D eigenvalue weighted by atomic mass is 10.1. The Labute approximate surface area is 163 Å². The fraction of sp³-hybridized carbons (Fsp3) is 0. The van der Waals surface area contributed by atoms with Crippen LogP contribution in [0, 0.1) is 5.82 Å². The van der Waals surface area contributed by atoms with Gasteiger partial charge >= 0.3 is 0 Å². The van der Waals surface area contributed by atoms with Gasteiger partial charge in [0.05, 0.1) is 16.7 Å². The SMILES string of the molecule is Fc1ccc2ncc3c(-c4cccc(Br)c4)nn(-c4ccccc4)c3c2c1. The third-order valence-electron chi connectivity index (χ3n) is 4.57. The number of nitrogens with zero attached hydrogens (tertiary/aromatic N) is 3. The van der Waals surface area contributed by atoms with Crippen LogP contribution in [0.15, 0.2) is 83.5 Å². The van der Waals surface area contributed by atoms with Crippen LogP contribution in [0.5, 0.6) is 0 Å². The highest BCUT2D eigenvalue weighted by molar-refractivity contribution is 9.10. The van der Waals surface area contributed by atoms with E-state index >= 15 is 0 Å². The summed E-state index contributed by atoms with van der Waals surface area (Å²) in [5, 5.41) is 6.51. The largest absolute Gasteiger partial charge is 0.255 e. The molecule has 2 aromatic heterocycles. The quantitative estimate of drug-likeness (QED) is 0.345. The van der Waals surface area contributed by atoms with Gasteiger partial charge in [0.2, 0.25) is 0 Å². The van der Waals surface area contributed by atoms with Crippen molar-refractivity contribution in [1.29, 1.82) is 0 Å². The Morgan fingerprint density at radius 1 is 0.852 bits per heavy atom. The standard InChI is InChI=1S/C22H13BrFN3/c23-15-6-4-5-14(11-15)21-19-13-25-20-10-9-16(24)12-18(20)22(19)27(26-21)17-7-2-1-3-8-17/h1-13H. The van der Waals surface area contributed by atoms with Gasteiger partial charge in [-0.3, -0.25) is 4.98 Å². The molecular weight excluding hydrogens is 405 g/mol. The van der Waals surface area contributed by atoms with E-state index in [0.717, 1.165) is 43.2 Å². The van der Waals surface area contributed by atoms with Crippen molar-refractivity contribution in [2.45, 2.75) is 0 Å². The Kier molecular flexibility index (Phi) is 3.76. The summed E-state index contributed by atoms with van der Waals surface area (Å²) in [7, 11) is 0. The molecule has 130 valence electrons. The lowest BCUT2D eigenvalue weighted by molar-refractivity contribution is 0.629. The molecule has 0 bridgehead atoms. The minimum atomic E-state index is -0.290. The van der Waals surface area contributed by atoms with Gasteiger partial charge in [0.15, 0.2) is 0 Å². The van der Waals surface area contributed by atoms with Crippen LogP contribution in [0.25, 0.3) is 38.8 Å². The van der Waals surface area contributed by atoms with E-state index in [4.69, 9.17) is 5.10 Å². The highest BCUT2D eigenvalue weighted by atomic mass is 79.9. The minimum Gasteiger partial charge on any atom is -0.255 e. The molecule has 0 saturated carbocycles. The van der Waals surface area contributed by atoms with E-state index < -0.39 is 0 Å². The number of hydrogen-bond donors (Lipinski definition) is 0. The van der Waals surface area contributed by atoms with Crippen molar-refractivity contribution in [3.05, 3.63) is 89.3 Å². The summed E-state index contributed by atoms with van der Waals surface area (Å²) in [6.45, 7) is 0. The molecule has 0 atom stereocenters. The van der Waals surface area contributed by atoms with Crippen LogP contribution in [0.1, 0.15) is 0 Å². The van der Waals surface area contributed by atoms with E-state index in [1.807, 2.05) is 65.5 Å². The maximum absolute atomic E-state index is 14.0. The number of halogens is 2. The summed E-state index contributed by atoms with van der Waals surface area (Å²) in [5.74, 6) is -0.290. The second kappa shape index (κ2) is 6.28. The fourth-order valence-electron chi connectivity index (χ4n) is 3.36. The van der Waals surface area contributed by atoms with Crippen molar-refractivity contribution in [3.63, 3.8) is 0 Å². The molecule has 5 heteroatoms. The van der Waals surface area contributed by atoms with Crippen molar-refractivity contribution in [3.8, 4) is 16.9 Å². The molecule has 0 aliphatic rings. The molecule has 0 aliphatic heterocycles. The second-order valence-corrected chi connectivity index (χ2v) is 7.20. The summed E-state index contributed by atoms with van der Waals surface area (Å²) in [6.07, 6.45) is 1.82. The summed E-state index contributed by atoms with van der Waals surface area (Å²) < 4.78 is 16.9. The van der Waals surface area contributed by atoms with E-state index in [1.165, 1.54) is 12.1 Å². The van der Waals surface area contributed by atoms with Crippen LogP contribution < -0.4 is 0 Å². The first-order valence-electron chi connectivity index (χ1n) is 8.49. The molecule has 0 aliphatic carbocycles. The van der Waals surface area contributed by atoms with Gasteiger partial charge in [-0.05, 0) is 42.5 Å². The lowest BCUT2D eigenvalue weighted by Crippen LogP contribution is -1.97. The van der Waals surface area contributed by atoms with Crippen LogP contribution >= 0.6 is 15.9 Å². The second-order valence-electron chi connectivity index (χ2n) is 6.29. The van der Waals surface area contributed by atoms with Crippen molar-refractivity contribution in [1.82, 2.24) is 14.8 Å². The van der Waals surface area contributed by atoms with Crippen molar-refractivity contribution in [2.24, 2.45) is 0 Å². The van der Waals surface area contributed by atoms with Gasteiger partial charge in [0.1, 0.15) is 11.5 Å². The Morgan fingerprint density at radius 2 is 1.70 bits per heavy atom. The number of aromatic nitrogens is 3. The van der Waals surface area contributed by atoms with Gasteiger partial charge in [-0.2, -0.15) is 5.10 Å². The predicted octanol–water partition coefficient (Wildman–Crippen LogP) is 6.14. The maximum atomic E-state index is 14.0. The molecule has 5 rings (SSSR count). The molecule has 2 heterocycles. The molecular formula is C22H13BrFN3. The Bertz CT molecular complexity index is 1300. The van der Waals surface area contributed by atoms with Crippen LogP contribution in [0.3, 0.4) is 0 Å². The average molecular weight is 418 g/mol. The van der Waals surface area contributed by atoms with Gasteiger partial charge < -0.3 is 0 Å². The number of para-hydroxylation sites is 1. The van der Waals surface area contributed by atoms with Gasteiger partial charge in [0, 0.05) is 27.0 Å². The first-order valence-corrected chi connectivity index (χ1v) is 9.28. The highest BCUT2D eigenvalue weighted by Gasteiger charge is 2.17. The van der Waals surface area contributed by atoms with Crippen molar-refractivity contribution >= 4 is 37.7 Å². The summed E-state index contributed by atoms with van der Waals surface area (Å²) in [4.78, 5) is 4.53. The van der Waals surface area contributed by atoms with Gasteiger partial charge in [-0.25, -0.2) is 9.07 Å². The molecule has 0 saturated heterocycles. The van der Waals surface area contributed by atoms with Crippen LogP contribution in [-0.2, 0) is 0 Å². The molecule has 0 N–H and O–H groups in total. The number of benzene rings is 3. The van der Waals surface area contributed by atoms with E-state index in [0.29, 0.717) is 0 Å². The summed E-state index contributed by atoms with van der Waals surface area (Å²) in [5.41, 5.74) is 4.29. The smallest absolute Gasteiger partial charge is 0.124 e. The third kappa shape index (κ3) is 2.71. The van der Waals surface area contributed by atoms with Gasteiger partial charge in [-0.15, -0.1) is 0 Å². The predicted molar refractivity (Wildman–Crippen MR) is 109 cm³/mol. The van der Waals surface area contributed by atoms with E-state index in [-0.39, 0.29) is 5.82 Å². The summed E-state index contributed by atoms with van der Waals surface area (Å²) in [6, 6.07) is 22.5. The molecule has 0 radical (unpaired) electrons. The molecule has 0 fully saturated rings. The topological polar surface area (TPSA) is 30.7 Å². The third-order valence-corrected chi connectivity index (χ3v) is 5.06. The number of hydrogen-bond acceptors (Lipinski definition) is 2. The molecule has 5 aromatic rings. The minimum absolute atomic E-state index is 0.290. The normalized spacial score (nSPS) is 11.3. The van der Waals surface area contributed by atoms with Gasteiger partial charge in [0.25, 0.3) is 0 Å². The van der Waals surface area contributed by atoms with Crippen LogP contribution in [0.2, 0.25) is 0 Å². The first kappa shape index (κ1) is 16.1. The van der Waals surface area contributed by atoms with Crippen molar-refractivity contribution in [2.75, 3.05) is 0 Å². The molecule has 0 spiro atoms. The van der Waals surface area contributed by atoms with Crippen LogP contribution in [-0.4, -0.2) is 14.8 Å². The molecule has 3 aromatic carbocycles. The Balaban J connectivity index is 1.93. The molecule has 27 heavy (non-hydrogen) atoms. The molecule has 0 unspecified atom stereocenters. The maximum Gasteiger partial charge on any atom is 0.124 e. The van der Waals surface area contributed by atoms with Gasteiger partial charge in [-0.1, -0.05) is 46.3 Å². The first-order chi connectivity index (χ1) is 13.2. The van der Waals surface area contributed by atoms with E-state index in [9.17, 15) is 4.39 Å². The van der Waals surface area contributed by atoms with Crippen LogP contribution in [0.4, 0.5) is 4.39 Å². The number of rotatable bonds is 2. The summed E-state index contributed by atoms with van der Waals surface area (Å²) >= 11 is 3.52. The monoisotopic (exact) mass is 417 g/mol. The zero-order valence-electron chi connectivity index (χ0n) is 14.1. The number of fused-ring (bicyclic) bond motifs is 3.